The first-order chi connectivity index (χ1) is 11.8. The Hall–Kier alpha value is -1.80. The van der Waals surface area contributed by atoms with Crippen molar-refractivity contribution >= 4 is 33.3 Å². The minimum atomic E-state index is -0.446. The molecule has 0 unspecified atom stereocenters. The van der Waals surface area contributed by atoms with Crippen molar-refractivity contribution in [2.24, 2.45) is 0 Å². The quantitative estimate of drug-likeness (QED) is 0.500. The molecule has 0 aromatic carbocycles. The van der Waals surface area contributed by atoms with Crippen molar-refractivity contribution in [3.05, 3.63) is 38.6 Å². The highest BCUT2D eigenvalue weighted by Gasteiger charge is 2.21. The maximum absolute atomic E-state index is 14.5. The highest BCUT2D eigenvalue weighted by molar-refractivity contribution is 7.99. The SMILES string of the molecule is CCc1ncnc(Sc2nc3sc(C)c(C)c3c(=O)n2C(C)C)c1F. The molecule has 0 saturated heterocycles. The first-order valence-electron chi connectivity index (χ1n) is 8.04. The molecule has 5 nitrogen and oxygen atoms in total. The first kappa shape index (κ1) is 18.0. The summed E-state index contributed by atoms with van der Waals surface area (Å²) in [5.74, 6) is -0.446. The fourth-order valence-electron chi connectivity index (χ4n) is 2.61. The van der Waals surface area contributed by atoms with E-state index >= 15 is 0 Å². The Balaban J connectivity index is 2.22. The number of hydrogen-bond acceptors (Lipinski definition) is 6. The van der Waals surface area contributed by atoms with Gasteiger partial charge in [-0.05, 0) is 51.4 Å². The van der Waals surface area contributed by atoms with Crippen LogP contribution in [0.4, 0.5) is 4.39 Å². The van der Waals surface area contributed by atoms with Crippen molar-refractivity contribution in [3.8, 4) is 0 Å². The summed E-state index contributed by atoms with van der Waals surface area (Å²) in [5.41, 5.74) is 1.24. The Morgan fingerprint density at radius 2 is 2.04 bits per heavy atom. The lowest BCUT2D eigenvalue weighted by atomic mass is 10.2. The molecule has 0 N–H and O–H groups in total. The summed E-state index contributed by atoms with van der Waals surface area (Å²) in [6, 6.07) is -0.0953. The molecule has 3 aromatic heterocycles. The molecule has 25 heavy (non-hydrogen) atoms. The lowest BCUT2D eigenvalue weighted by molar-refractivity contribution is 0.516. The van der Waals surface area contributed by atoms with Crippen LogP contribution in [0.1, 0.15) is 42.9 Å². The van der Waals surface area contributed by atoms with Crippen LogP contribution in [-0.2, 0) is 6.42 Å². The summed E-state index contributed by atoms with van der Waals surface area (Å²) in [6.07, 6.45) is 1.83. The summed E-state index contributed by atoms with van der Waals surface area (Å²) in [5, 5.41) is 1.30. The second-order valence-corrected chi connectivity index (χ2v) is 8.18. The van der Waals surface area contributed by atoms with Gasteiger partial charge in [0.2, 0.25) is 0 Å². The molecule has 0 amide bonds. The molecular formula is C17H19FN4OS2. The molecule has 0 spiro atoms. The third kappa shape index (κ3) is 3.08. The second kappa shape index (κ2) is 6.84. The van der Waals surface area contributed by atoms with Gasteiger partial charge in [0.15, 0.2) is 11.0 Å². The molecule has 3 rings (SSSR count). The molecule has 0 atom stereocenters. The van der Waals surface area contributed by atoms with Gasteiger partial charge in [0, 0.05) is 10.9 Å². The average molecular weight is 378 g/mol. The van der Waals surface area contributed by atoms with E-state index in [4.69, 9.17) is 0 Å². The van der Waals surface area contributed by atoms with E-state index in [1.807, 2.05) is 34.6 Å². The summed E-state index contributed by atoms with van der Waals surface area (Å²) < 4.78 is 16.1. The molecule has 0 bridgehead atoms. The maximum atomic E-state index is 14.5. The predicted molar refractivity (Wildman–Crippen MR) is 99.2 cm³/mol. The van der Waals surface area contributed by atoms with Gasteiger partial charge >= 0.3 is 0 Å². The van der Waals surface area contributed by atoms with E-state index < -0.39 is 5.82 Å². The van der Waals surface area contributed by atoms with Gasteiger partial charge in [-0.2, -0.15) is 0 Å². The topological polar surface area (TPSA) is 60.7 Å². The van der Waals surface area contributed by atoms with Crippen LogP contribution in [0, 0.1) is 19.7 Å². The minimum Gasteiger partial charge on any atom is -0.284 e. The van der Waals surface area contributed by atoms with Crippen molar-refractivity contribution in [1.29, 1.82) is 0 Å². The number of aryl methyl sites for hydroxylation is 3. The van der Waals surface area contributed by atoms with Crippen molar-refractivity contribution in [2.75, 3.05) is 0 Å². The van der Waals surface area contributed by atoms with E-state index in [0.29, 0.717) is 27.5 Å². The largest absolute Gasteiger partial charge is 0.284 e. The fourth-order valence-corrected chi connectivity index (χ4v) is 4.69. The van der Waals surface area contributed by atoms with Crippen LogP contribution in [-0.4, -0.2) is 19.5 Å². The van der Waals surface area contributed by atoms with Crippen molar-refractivity contribution in [2.45, 2.75) is 57.3 Å². The zero-order chi connectivity index (χ0) is 18.3. The summed E-state index contributed by atoms with van der Waals surface area (Å²) in [6.45, 7) is 9.59. The van der Waals surface area contributed by atoms with E-state index in [2.05, 4.69) is 15.0 Å². The Morgan fingerprint density at radius 3 is 2.68 bits per heavy atom. The summed E-state index contributed by atoms with van der Waals surface area (Å²) >= 11 is 2.56. The van der Waals surface area contributed by atoms with E-state index in [0.717, 1.165) is 22.2 Å². The number of hydrogen-bond donors (Lipinski definition) is 0. The van der Waals surface area contributed by atoms with E-state index in [1.54, 1.807) is 4.57 Å². The summed E-state index contributed by atoms with van der Waals surface area (Å²) in [4.78, 5) is 27.4. The standard InChI is InChI=1S/C17H19FN4OS2/c1-6-11-13(18)15(20-7-19-11)25-17-21-14-12(9(4)10(5)24-14)16(23)22(17)8(2)3/h7-8H,6H2,1-5H3. The maximum Gasteiger partial charge on any atom is 0.263 e. The molecule has 0 aliphatic heterocycles. The predicted octanol–water partition coefficient (Wildman–Crippen LogP) is 4.30. The van der Waals surface area contributed by atoms with Crippen LogP contribution in [0.5, 0.6) is 0 Å². The molecule has 0 saturated carbocycles. The van der Waals surface area contributed by atoms with Gasteiger partial charge in [-0.15, -0.1) is 11.3 Å². The molecule has 0 fully saturated rings. The highest BCUT2D eigenvalue weighted by atomic mass is 32.2. The molecular weight excluding hydrogens is 359 g/mol. The Labute approximate surface area is 153 Å². The monoisotopic (exact) mass is 378 g/mol. The third-order valence-corrected chi connectivity index (χ3v) is 6.12. The van der Waals surface area contributed by atoms with Crippen molar-refractivity contribution in [3.63, 3.8) is 0 Å². The Morgan fingerprint density at radius 1 is 1.32 bits per heavy atom. The summed E-state index contributed by atoms with van der Waals surface area (Å²) in [7, 11) is 0. The van der Waals surface area contributed by atoms with Gasteiger partial charge in [0.1, 0.15) is 16.2 Å². The zero-order valence-corrected chi connectivity index (χ0v) is 16.4. The number of thiophene rings is 1. The normalized spacial score (nSPS) is 11.6. The van der Waals surface area contributed by atoms with Crippen molar-refractivity contribution in [1.82, 2.24) is 19.5 Å². The molecule has 3 aromatic rings. The van der Waals surface area contributed by atoms with E-state index in [1.165, 1.54) is 17.7 Å². The highest BCUT2D eigenvalue weighted by Crippen LogP contribution is 2.32. The molecule has 0 aliphatic carbocycles. The second-order valence-electron chi connectivity index (χ2n) is 6.02. The lowest BCUT2D eigenvalue weighted by Gasteiger charge is -2.15. The van der Waals surface area contributed by atoms with Crippen molar-refractivity contribution < 1.29 is 4.39 Å². The zero-order valence-electron chi connectivity index (χ0n) is 14.8. The third-order valence-electron chi connectivity index (χ3n) is 4.07. The average Bonchev–Trinajstić information content (AvgIpc) is 2.83. The van der Waals surface area contributed by atoms with Crippen LogP contribution < -0.4 is 5.56 Å². The van der Waals surface area contributed by atoms with Gasteiger partial charge in [0.05, 0.1) is 11.1 Å². The molecule has 3 heterocycles. The van der Waals surface area contributed by atoms with Gasteiger partial charge < -0.3 is 0 Å². The number of nitrogens with zero attached hydrogens (tertiary/aromatic N) is 4. The first-order valence-corrected chi connectivity index (χ1v) is 9.67. The Bertz CT molecular complexity index is 1010. The smallest absolute Gasteiger partial charge is 0.263 e. The van der Waals surface area contributed by atoms with Gasteiger partial charge in [-0.25, -0.2) is 19.3 Å². The van der Waals surface area contributed by atoms with Gasteiger partial charge in [-0.3, -0.25) is 9.36 Å². The lowest BCUT2D eigenvalue weighted by Crippen LogP contribution is -2.25. The number of aromatic nitrogens is 4. The number of halogens is 1. The van der Waals surface area contributed by atoms with Crippen LogP contribution in [0.25, 0.3) is 10.2 Å². The van der Waals surface area contributed by atoms with Crippen LogP contribution >= 0.6 is 23.1 Å². The van der Waals surface area contributed by atoms with E-state index in [-0.39, 0.29) is 16.6 Å². The molecule has 8 heteroatoms. The molecule has 132 valence electrons. The van der Waals surface area contributed by atoms with E-state index in [9.17, 15) is 9.18 Å². The minimum absolute atomic E-state index is 0.0884. The number of fused-ring (bicyclic) bond motifs is 1. The van der Waals surface area contributed by atoms with Crippen LogP contribution in [0.2, 0.25) is 0 Å². The fraction of sp³-hybridized carbons (Fsp3) is 0.412. The van der Waals surface area contributed by atoms with Crippen LogP contribution in [0.15, 0.2) is 21.3 Å². The molecule has 0 radical (unpaired) electrons. The molecule has 0 aliphatic rings. The van der Waals surface area contributed by atoms with Gasteiger partial charge in [-0.1, -0.05) is 6.92 Å². The van der Waals surface area contributed by atoms with Crippen LogP contribution in [0.3, 0.4) is 0 Å². The number of rotatable bonds is 4. The van der Waals surface area contributed by atoms with Gasteiger partial charge in [0.25, 0.3) is 5.56 Å². The Kier molecular flexibility index (Phi) is 4.92.